The van der Waals surface area contributed by atoms with Crippen LogP contribution < -0.4 is 10.6 Å². The summed E-state index contributed by atoms with van der Waals surface area (Å²) in [4.78, 5) is 13.0. The summed E-state index contributed by atoms with van der Waals surface area (Å²) in [5.41, 5.74) is 5.10. The first kappa shape index (κ1) is 26.2. The molecule has 0 bridgehead atoms. The van der Waals surface area contributed by atoms with E-state index in [1.54, 1.807) is 29.2 Å². The lowest BCUT2D eigenvalue weighted by Gasteiger charge is -2.13. The Morgan fingerprint density at radius 1 is 1.08 bits per heavy atom. The fourth-order valence-corrected chi connectivity index (χ4v) is 3.35. The largest absolute Gasteiger partial charge is 0.356 e. The summed E-state index contributed by atoms with van der Waals surface area (Å²) in [6.45, 7) is 11.6. The zero-order valence-corrected chi connectivity index (χ0v) is 20.5. The van der Waals surface area contributed by atoms with Crippen LogP contribution in [0, 0.1) is 0 Å². The van der Waals surface area contributed by atoms with Gasteiger partial charge < -0.3 is 10.6 Å². The molecule has 7 nitrogen and oxygen atoms in total. The molecule has 0 aliphatic carbocycles. The van der Waals surface area contributed by atoms with Gasteiger partial charge in [-0.2, -0.15) is 5.10 Å². The Kier molecular flexibility index (Phi) is 8.99. The Labute approximate surface area is 209 Å². The van der Waals surface area contributed by atoms with Gasteiger partial charge >= 0.3 is 0 Å². The van der Waals surface area contributed by atoms with Crippen molar-refractivity contribution in [3.05, 3.63) is 103 Å². The van der Waals surface area contributed by atoms with E-state index in [1.165, 1.54) is 12.3 Å². The Morgan fingerprint density at radius 2 is 1.89 bits per heavy atom. The van der Waals surface area contributed by atoms with E-state index in [4.69, 9.17) is 4.98 Å². The number of anilines is 3. The molecule has 0 aliphatic heterocycles. The molecule has 2 N–H and O–H groups in total. The molecule has 3 aromatic heterocycles. The first-order valence-corrected chi connectivity index (χ1v) is 11.4. The third-order valence-electron chi connectivity index (χ3n) is 5.00. The minimum Gasteiger partial charge on any atom is -0.356 e. The number of halogens is 2. The van der Waals surface area contributed by atoms with Crippen LogP contribution in [0.5, 0.6) is 0 Å². The van der Waals surface area contributed by atoms with Gasteiger partial charge in [-0.3, -0.25) is 9.67 Å². The lowest BCUT2D eigenvalue weighted by Crippen LogP contribution is -2.04. The predicted octanol–water partition coefficient (Wildman–Crippen LogP) is 6.68. The van der Waals surface area contributed by atoms with Crippen LogP contribution in [0.3, 0.4) is 0 Å². The quantitative estimate of drug-likeness (QED) is 0.255. The molecule has 0 aliphatic rings. The van der Waals surface area contributed by atoms with E-state index >= 15 is 0 Å². The van der Waals surface area contributed by atoms with E-state index < -0.39 is 6.43 Å². The van der Waals surface area contributed by atoms with Gasteiger partial charge in [0.15, 0.2) is 0 Å². The third kappa shape index (κ3) is 6.82. The van der Waals surface area contributed by atoms with Gasteiger partial charge in [0.2, 0.25) is 5.95 Å². The van der Waals surface area contributed by atoms with Gasteiger partial charge in [0, 0.05) is 54.6 Å². The van der Waals surface area contributed by atoms with Crippen molar-refractivity contribution < 1.29 is 8.78 Å². The van der Waals surface area contributed by atoms with Gasteiger partial charge in [-0.25, -0.2) is 18.7 Å². The number of alkyl halides is 2. The van der Waals surface area contributed by atoms with Crippen molar-refractivity contribution in [3.8, 4) is 11.1 Å². The average Bonchev–Trinajstić information content (AvgIpc) is 3.30. The molecule has 1 aromatic carbocycles. The van der Waals surface area contributed by atoms with E-state index in [0.29, 0.717) is 34.9 Å². The highest BCUT2D eigenvalue weighted by Gasteiger charge is 2.14. The van der Waals surface area contributed by atoms with Crippen molar-refractivity contribution in [2.24, 2.45) is 7.05 Å². The minimum atomic E-state index is -2.63. The minimum absolute atomic E-state index is 0.276. The summed E-state index contributed by atoms with van der Waals surface area (Å²) in [6, 6.07) is 10.8. The molecule has 4 rings (SSSR count). The van der Waals surface area contributed by atoms with Gasteiger partial charge in [-0.15, -0.1) is 0 Å². The van der Waals surface area contributed by atoms with Gasteiger partial charge in [0.1, 0.15) is 5.69 Å². The third-order valence-corrected chi connectivity index (χ3v) is 5.00. The SMILES string of the molecule is C=CC(=C)Nc1cccc(Cc2nc(Nc3cnn(C)c3)ncc2-c2ccc(C(F)F)nc2)c1.CC. The molecule has 0 saturated heterocycles. The van der Waals surface area contributed by atoms with Crippen LogP contribution in [0.1, 0.15) is 37.2 Å². The highest BCUT2D eigenvalue weighted by Crippen LogP contribution is 2.27. The zero-order valence-electron chi connectivity index (χ0n) is 20.5. The summed E-state index contributed by atoms with van der Waals surface area (Å²) >= 11 is 0. The Bertz CT molecular complexity index is 1310. The summed E-state index contributed by atoms with van der Waals surface area (Å²) in [6.07, 6.45) is 6.06. The molecule has 0 spiro atoms. The second-order valence-corrected chi connectivity index (χ2v) is 7.59. The molecule has 0 saturated carbocycles. The van der Waals surface area contributed by atoms with E-state index in [1.807, 2.05) is 51.4 Å². The first-order chi connectivity index (χ1) is 17.4. The standard InChI is InChI=1S/C25H23F2N7.C2H6/c1-4-16(2)31-19-7-5-6-17(10-19)11-23-21(18-8-9-22(24(26)27)28-12-18)14-29-25(33-23)32-20-13-30-34(3)15-20;1-2/h4-10,12-15,24,31H,1-2,11H2,3H3,(H,29,32,33);1-2H3. The maximum absolute atomic E-state index is 13.0. The van der Waals surface area contributed by atoms with Crippen LogP contribution >= 0.6 is 0 Å². The van der Waals surface area contributed by atoms with Gasteiger partial charge in [0.25, 0.3) is 6.43 Å². The molecule has 0 unspecified atom stereocenters. The molecule has 0 amide bonds. The number of hydrogen-bond donors (Lipinski definition) is 2. The normalized spacial score (nSPS) is 10.4. The van der Waals surface area contributed by atoms with Gasteiger partial charge in [-0.1, -0.05) is 45.2 Å². The molecule has 0 atom stereocenters. The Balaban J connectivity index is 0.00000176. The van der Waals surface area contributed by atoms with Gasteiger partial charge in [-0.05, 0) is 29.8 Å². The highest BCUT2D eigenvalue weighted by molar-refractivity contribution is 5.66. The fourth-order valence-electron chi connectivity index (χ4n) is 3.35. The fraction of sp³-hybridized carbons (Fsp3) is 0.185. The van der Waals surface area contributed by atoms with Crippen molar-refractivity contribution in [3.63, 3.8) is 0 Å². The van der Waals surface area contributed by atoms with Crippen LogP contribution in [0.4, 0.5) is 26.1 Å². The maximum atomic E-state index is 13.0. The molecule has 186 valence electrons. The van der Waals surface area contributed by atoms with Crippen LogP contribution in [0.25, 0.3) is 11.1 Å². The van der Waals surface area contributed by atoms with Crippen molar-refractivity contribution in [1.82, 2.24) is 24.7 Å². The number of hydrogen-bond acceptors (Lipinski definition) is 6. The van der Waals surface area contributed by atoms with Crippen molar-refractivity contribution >= 4 is 17.3 Å². The number of pyridine rings is 1. The molecule has 36 heavy (non-hydrogen) atoms. The smallest absolute Gasteiger partial charge is 0.280 e. The van der Waals surface area contributed by atoms with Crippen molar-refractivity contribution in [2.75, 3.05) is 10.6 Å². The van der Waals surface area contributed by atoms with Crippen LogP contribution in [0.2, 0.25) is 0 Å². The number of nitrogens with one attached hydrogen (secondary N) is 2. The van der Waals surface area contributed by atoms with E-state index in [0.717, 1.165) is 16.9 Å². The lowest BCUT2D eigenvalue weighted by molar-refractivity contribution is 0.146. The summed E-state index contributed by atoms with van der Waals surface area (Å²) in [5, 5.41) is 10.5. The van der Waals surface area contributed by atoms with Gasteiger partial charge in [0.05, 0.1) is 17.6 Å². The molecular formula is C27H29F2N7. The number of nitrogens with zero attached hydrogens (tertiary/aromatic N) is 5. The number of allylic oxidation sites excluding steroid dienone is 1. The van der Waals surface area contributed by atoms with E-state index in [-0.39, 0.29) is 5.69 Å². The summed E-state index contributed by atoms with van der Waals surface area (Å²) < 4.78 is 27.6. The van der Waals surface area contributed by atoms with E-state index in [9.17, 15) is 8.78 Å². The Hall–Kier alpha value is -4.40. The predicted molar refractivity (Wildman–Crippen MR) is 140 cm³/mol. The Morgan fingerprint density at radius 3 is 2.53 bits per heavy atom. The van der Waals surface area contributed by atoms with Crippen molar-refractivity contribution in [1.29, 1.82) is 0 Å². The average molecular weight is 490 g/mol. The second kappa shape index (κ2) is 12.3. The molecule has 9 heteroatoms. The number of benzene rings is 1. The zero-order chi connectivity index (χ0) is 26.1. The number of aryl methyl sites for hydroxylation is 1. The monoisotopic (exact) mass is 489 g/mol. The van der Waals surface area contributed by atoms with Crippen LogP contribution in [-0.2, 0) is 13.5 Å². The van der Waals surface area contributed by atoms with Crippen LogP contribution in [0.15, 0.2) is 86.1 Å². The molecular weight excluding hydrogens is 460 g/mol. The molecule has 0 fully saturated rings. The summed E-state index contributed by atoms with van der Waals surface area (Å²) in [5.74, 6) is 0.401. The second-order valence-electron chi connectivity index (χ2n) is 7.59. The van der Waals surface area contributed by atoms with Crippen molar-refractivity contribution in [2.45, 2.75) is 26.7 Å². The summed E-state index contributed by atoms with van der Waals surface area (Å²) in [7, 11) is 1.82. The molecule has 0 radical (unpaired) electrons. The maximum Gasteiger partial charge on any atom is 0.280 e. The first-order valence-electron chi connectivity index (χ1n) is 11.4. The molecule has 4 aromatic rings. The topological polar surface area (TPSA) is 80.5 Å². The highest BCUT2D eigenvalue weighted by atomic mass is 19.3. The lowest BCUT2D eigenvalue weighted by atomic mass is 10.0. The molecule has 3 heterocycles. The van der Waals surface area contributed by atoms with E-state index in [2.05, 4.69) is 38.9 Å². The number of aromatic nitrogens is 5. The van der Waals surface area contributed by atoms with Crippen LogP contribution in [-0.4, -0.2) is 24.7 Å². The number of rotatable bonds is 9.